The molecule has 2 aliphatic rings. The number of pyridine rings is 1. The van der Waals surface area contributed by atoms with Crippen LogP contribution in [0.4, 0.5) is 34.3 Å². The van der Waals surface area contributed by atoms with Gasteiger partial charge in [0.25, 0.3) is 0 Å². The number of nitrogens with zero attached hydrogens (tertiary/aromatic N) is 3. The average Bonchev–Trinajstić information content (AvgIpc) is 2.96. The van der Waals surface area contributed by atoms with E-state index in [1.54, 1.807) is 0 Å². The van der Waals surface area contributed by atoms with Gasteiger partial charge in [-0.2, -0.15) is 0 Å². The van der Waals surface area contributed by atoms with E-state index in [9.17, 15) is 0 Å². The molecular formula is C33H21N3O. The molecule has 0 saturated heterocycles. The lowest BCUT2D eigenvalue weighted by atomic mass is 9.90. The van der Waals surface area contributed by atoms with E-state index in [0.29, 0.717) is 0 Å². The maximum absolute atomic E-state index is 6.54. The Balaban J connectivity index is 1.46. The molecule has 2 aliphatic heterocycles. The van der Waals surface area contributed by atoms with E-state index in [1.165, 1.54) is 16.3 Å². The minimum absolute atomic E-state index is 0.832. The molecule has 0 atom stereocenters. The van der Waals surface area contributed by atoms with Gasteiger partial charge in [0.05, 0.1) is 22.7 Å². The molecule has 8 rings (SSSR count). The fourth-order valence-electron chi connectivity index (χ4n) is 5.64. The second kappa shape index (κ2) is 7.70. The predicted molar refractivity (Wildman–Crippen MR) is 150 cm³/mol. The fraction of sp³-hybridized carbons (Fsp3) is 0. The Bertz CT molecular complexity index is 1810. The van der Waals surface area contributed by atoms with E-state index in [2.05, 4.69) is 101 Å². The van der Waals surface area contributed by atoms with Crippen LogP contribution in [0.1, 0.15) is 0 Å². The summed E-state index contributed by atoms with van der Waals surface area (Å²) < 4.78 is 6.54. The summed E-state index contributed by atoms with van der Waals surface area (Å²) in [6.45, 7) is 0. The Morgan fingerprint density at radius 3 is 2.16 bits per heavy atom. The summed E-state index contributed by atoms with van der Waals surface area (Å²) >= 11 is 0. The normalized spacial score (nSPS) is 13.0. The lowest BCUT2D eigenvalue weighted by molar-refractivity contribution is 0.477. The first-order chi connectivity index (χ1) is 18.4. The first-order valence-electron chi connectivity index (χ1n) is 12.4. The quantitative estimate of drug-likeness (QED) is 0.249. The van der Waals surface area contributed by atoms with Gasteiger partial charge < -0.3 is 9.64 Å². The lowest BCUT2D eigenvalue weighted by Gasteiger charge is -2.37. The van der Waals surface area contributed by atoms with Gasteiger partial charge in [0.1, 0.15) is 5.82 Å². The molecule has 174 valence electrons. The summed E-state index contributed by atoms with van der Waals surface area (Å²) in [5, 5.41) is 2.43. The van der Waals surface area contributed by atoms with Crippen molar-refractivity contribution in [2.75, 3.05) is 9.80 Å². The second-order valence-corrected chi connectivity index (χ2v) is 9.28. The molecule has 0 unspecified atom stereocenters. The largest absolute Gasteiger partial charge is 0.453 e. The molecule has 0 amide bonds. The second-order valence-electron chi connectivity index (χ2n) is 9.28. The number of benzene rings is 5. The monoisotopic (exact) mass is 475 g/mol. The Hall–Kier alpha value is -5.09. The molecule has 0 bridgehead atoms. The summed E-state index contributed by atoms with van der Waals surface area (Å²) in [6, 6.07) is 42.2. The van der Waals surface area contributed by atoms with Crippen LogP contribution in [-0.2, 0) is 0 Å². The van der Waals surface area contributed by atoms with Crippen LogP contribution in [0.3, 0.4) is 0 Å². The Labute approximate surface area is 214 Å². The van der Waals surface area contributed by atoms with Gasteiger partial charge in [-0.1, -0.05) is 66.7 Å². The molecule has 0 aliphatic carbocycles. The number of anilines is 6. The van der Waals surface area contributed by atoms with Crippen molar-refractivity contribution in [1.82, 2.24) is 4.98 Å². The molecule has 4 nitrogen and oxygen atoms in total. The molecule has 0 radical (unpaired) electrons. The van der Waals surface area contributed by atoms with Crippen LogP contribution in [0.25, 0.3) is 21.9 Å². The van der Waals surface area contributed by atoms with Gasteiger partial charge >= 0.3 is 0 Å². The number of para-hydroxylation sites is 3. The van der Waals surface area contributed by atoms with Crippen LogP contribution in [0.5, 0.6) is 11.5 Å². The van der Waals surface area contributed by atoms with Crippen molar-refractivity contribution in [3.8, 4) is 22.6 Å². The van der Waals surface area contributed by atoms with Crippen LogP contribution >= 0.6 is 0 Å². The Morgan fingerprint density at radius 2 is 1.30 bits per heavy atom. The summed E-state index contributed by atoms with van der Waals surface area (Å²) in [6.07, 6.45) is 1.85. The van der Waals surface area contributed by atoms with Gasteiger partial charge in [0, 0.05) is 22.8 Å². The van der Waals surface area contributed by atoms with Gasteiger partial charge in [-0.05, 0) is 65.5 Å². The lowest BCUT2D eigenvalue weighted by Crippen LogP contribution is -2.19. The molecule has 37 heavy (non-hydrogen) atoms. The molecular weight excluding hydrogens is 454 g/mol. The minimum atomic E-state index is 0.832. The molecule has 1 aromatic heterocycles. The highest BCUT2D eigenvalue weighted by atomic mass is 16.5. The fourth-order valence-corrected chi connectivity index (χ4v) is 5.64. The smallest absolute Gasteiger partial charge is 0.152 e. The van der Waals surface area contributed by atoms with Crippen molar-refractivity contribution < 1.29 is 4.74 Å². The molecule has 4 heteroatoms. The van der Waals surface area contributed by atoms with Crippen LogP contribution in [0.2, 0.25) is 0 Å². The van der Waals surface area contributed by atoms with Crippen molar-refractivity contribution >= 4 is 45.0 Å². The number of aromatic nitrogens is 1. The zero-order valence-corrected chi connectivity index (χ0v) is 19.9. The number of hydrogen-bond donors (Lipinski definition) is 0. The molecule has 5 aromatic carbocycles. The van der Waals surface area contributed by atoms with Crippen LogP contribution < -0.4 is 14.5 Å². The van der Waals surface area contributed by atoms with Crippen molar-refractivity contribution in [1.29, 1.82) is 0 Å². The topological polar surface area (TPSA) is 28.6 Å². The SMILES string of the molecule is c1ccc(N2c3ccccc3Oc3cc4c(cc32)N(c2ccccn2)c2cccc3cccc-4c23)cc1. The maximum atomic E-state index is 6.54. The zero-order chi connectivity index (χ0) is 24.3. The van der Waals surface area contributed by atoms with Gasteiger partial charge in [-0.25, -0.2) is 4.98 Å². The maximum Gasteiger partial charge on any atom is 0.152 e. The summed E-state index contributed by atoms with van der Waals surface area (Å²) in [5.74, 6) is 2.56. The number of ether oxygens (including phenoxy) is 1. The zero-order valence-electron chi connectivity index (χ0n) is 19.9. The summed E-state index contributed by atoms with van der Waals surface area (Å²) in [7, 11) is 0. The number of rotatable bonds is 2. The predicted octanol–water partition coefficient (Wildman–Crippen LogP) is 9.26. The highest BCUT2D eigenvalue weighted by Gasteiger charge is 2.32. The van der Waals surface area contributed by atoms with E-state index < -0.39 is 0 Å². The van der Waals surface area contributed by atoms with Crippen LogP contribution in [0.15, 0.2) is 128 Å². The van der Waals surface area contributed by atoms with E-state index in [4.69, 9.17) is 9.72 Å². The average molecular weight is 476 g/mol. The Kier molecular flexibility index (Phi) is 4.19. The third-order valence-electron chi connectivity index (χ3n) is 7.19. The van der Waals surface area contributed by atoms with Crippen LogP contribution in [0, 0.1) is 0 Å². The minimum Gasteiger partial charge on any atom is -0.453 e. The summed E-state index contributed by atoms with van der Waals surface area (Å²) in [5.41, 5.74) is 7.63. The molecule has 3 heterocycles. The third-order valence-corrected chi connectivity index (χ3v) is 7.19. The van der Waals surface area contributed by atoms with E-state index in [-0.39, 0.29) is 0 Å². The Morgan fingerprint density at radius 1 is 0.514 bits per heavy atom. The first kappa shape index (κ1) is 20.1. The van der Waals surface area contributed by atoms with Crippen molar-refractivity contribution in [3.05, 3.63) is 128 Å². The van der Waals surface area contributed by atoms with Crippen molar-refractivity contribution in [3.63, 3.8) is 0 Å². The molecule has 0 fully saturated rings. The molecule has 0 N–H and O–H groups in total. The highest BCUT2D eigenvalue weighted by molar-refractivity contribution is 6.14. The molecule has 0 saturated carbocycles. The van der Waals surface area contributed by atoms with E-state index in [1.807, 2.05) is 36.5 Å². The van der Waals surface area contributed by atoms with Gasteiger partial charge in [-0.3, -0.25) is 4.90 Å². The van der Waals surface area contributed by atoms with Crippen molar-refractivity contribution in [2.24, 2.45) is 0 Å². The van der Waals surface area contributed by atoms with Crippen molar-refractivity contribution in [2.45, 2.75) is 0 Å². The number of fused-ring (bicyclic) bond motifs is 4. The molecule has 0 spiro atoms. The molecule has 6 aromatic rings. The van der Waals surface area contributed by atoms with Crippen LogP contribution in [-0.4, -0.2) is 4.98 Å². The number of hydrogen-bond acceptors (Lipinski definition) is 4. The standard InChI is InChI=1S/C33H21N3O/c1-2-12-23(13-3-1)35-26-15-4-5-17-30(26)37-31-20-25-24-14-8-10-22-11-9-16-27(33(22)24)36(28(25)21-29(31)35)32-18-6-7-19-34-32/h1-21H. The van der Waals surface area contributed by atoms with Gasteiger partial charge in [0.2, 0.25) is 0 Å². The third kappa shape index (κ3) is 2.93. The van der Waals surface area contributed by atoms with Gasteiger partial charge in [0.15, 0.2) is 11.5 Å². The summed E-state index contributed by atoms with van der Waals surface area (Å²) in [4.78, 5) is 9.32. The van der Waals surface area contributed by atoms with Gasteiger partial charge in [-0.15, -0.1) is 0 Å². The van der Waals surface area contributed by atoms with E-state index in [0.717, 1.165) is 51.3 Å². The first-order valence-corrected chi connectivity index (χ1v) is 12.4. The van der Waals surface area contributed by atoms with E-state index >= 15 is 0 Å². The highest BCUT2D eigenvalue weighted by Crippen LogP contribution is 2.57.